The highest BCUT2D eigenvalue weighted by Crippen LogP contribution is 2.36. The molecular formula is C21H34N4O2. The van der Waals surface area contributed by atoms with Crippen molar-refractivity contribution in [3.8, 4) is 0 Å². The van der Waals surface area contributed by atoms with Crippen molar-refractivity contribution in [1.82, 2.24) is 15.1 Å². The van der Waals surface area contributed by atoms with E-state index in [0.717, 1.165) is 50.6 Å². The molecule has 1 aromatic rings. The number of piperazine rings is 1. The zero-order valence-electron chi connectivity index (χ0n) is 17.0. The summed E-state index contributed by atoms with van der Waals surface area (Å²) in [6.07, 6.45) is 8.41. The molecule has 2 fully saturated rings. The first-order chi connectivity index (χ1) is 13.0. The van der Waals surface area contributed by atoms with Crippen LogP contribution >= 0.6 is 0 Å². The molecule has 27 heavy (non-hydrogen) atoms. The van der Waals surface area contributed by atoms with Crippen molar-refractivity contribution in [2.24, 2.45) is 4.99 Å². The predicted molar refractivity (Wildman–Crippen MR) is 108 cm³/mol. The van der Waals surface area contributed by atoms with Gasteiger partial charge in [0, 0.05) is 45.6 Å². The van der Waals surface area contributed by atoms with Gasteiger partial charge in [-0.05, 0) is 38.8 Å². The van der Waals surface area contributed by atoms with Crippen LogP contribution in [0.4, 0.5) is 0 Å². The summed E-state index contributed by atoms with van der Waals surface area (Å²) in [6.45, 7) is 9.20. The van der Waals surface area contributed by atoms with Gasteiger partial charge in [0.05, 0.1) is 11.8 Å². The van der Waals surface area contributed by atoms with E-state index in [-0.39, 0.29) is 11.4 Å². The minimum atomic E-state index is -0.0250. The molecule has 1 saturated heterocycles. The number of hydrogen-bond donors (Lipinski definition) is 1. The van der Waals surface area contributed by atoms with E-state index in [1.807, 2.05) is 12.1 Å². The zero-order valence-corrected chi connectivity index (χ0v) is 17.0. The number of guanidine groups is 1. The summed E-state index contributed by atoms with van der Waals surface area (Å²) in [4.78, 5) is 21.7. The molecule has 2 heterocycles. The Labute approximate surface area is 163 Å². The maximum Gasteiger partial charge on any atom is 0.220 e. The lowest BCUT2D eigenvalue weighted by molar-refractivity contribution is -0.140. The number of aliphatic imine (C=N–C) groups is 1. The standard InChI is InChI=1S/C21H34N4O2/c1-17(2)23-20(22-12-9-19-8-7-15-27-19)24-13-14-25(18(3)26)21(16-24)10-5-4-6-11-21/h7-8,15,17H,4-6,9-14,16H2,1-3H3,(H,22,23). The van der Waals surface area contributed by atoms with E-state index in [2.05, 4.69) is 29.0 Å². The molecular weight excluding hydrogens is 340 g/mol. The third-order valence-electron chi connectivity index (χ3n) is 5.73. The highest BCUT2D eigenvalue weighted by Gasteiger charge is 2.44. The molecule has 2 aliphatic rings. The number of carbonyl (C=O) groups excluding carboxylic acids is 1. The molecule has 1 aromatic heterocycles. The van der Waals surface area contributed by atoms with Gasteiger partial charge in [0.25, 0.3) is 0 Å². The van der Waals surface area contributed by atoms with E-state index in [1.165, 1.54) is 19.3 Å². The number of nitrogens with zero attached hydrogens (tertiary/aromatic N) is 3. The zero-order chi connectivity index (χ0) is 19.3. The summed E-state index contributed by atoms with van der Waals surface area (Å²) in [5.74, 6) is 2.14. The van der Waals surface area contributed by atoms with Crippen molar-refractivity contribution in [2.75, 3.05) is 26.2 Å². The van der Waals surface area contributed by atoms with Crippen molar-refractivity contribution in [3.05, 3.63) is 24.2 Å². The van der Waals surface area contributed by atoms with Crippen LogP contribution in [0.3, 0.4) is 0 Å². The van der Waals surface area contributed by atoms with Gasteiger partial charge in [-0.3, -0.25) is 9.79 Å². The molecule has 1 N–H and O–H groups in total. The van der Waals surface area contributed by atoms with Crippen molar-refractivity contribution < 1.29 is 9.21 Å². The second-order valence-corrected chi connectivity index (χ2v) is 8.21. The Hall–Kier alpha value is -1.98. The highest BCUT2D eigenvalue weighted by atomic mass is 16.3. The summed E-state index contributed by atoms with van der Waals surface area (Å²) in [5.41, 5.74) is -0.0250. The molecule has 0 atom stereocenters. The number of hydrogen-bond acceptors (Lipinski definition) is 3. The normalized spacial score (nSPS) is 20.4. The highest BCUT2D eigenvalue weighted by molar-refractivity contribution is 5.81. The Morgan fingerprint density at radius 1 is 1.30 bits per heavy atom. The molecule has 150 valence electrons. The van der Waals surface area contributed by atoms with Gasteiger partial charge in [0.1, 0.15) is 5.76 Å². The van der Waals surface area contributed by atoms with Crippen molar-refractivity contribution >= 4 is 11.9 Å². The number of amides is 1. The van der Waals surface area contributed by atoms with Crippen LogP contribution in [0, 0.1) is 0 Å². The van der Waals surface area contributed by atoms with Crippen LogP contribution in [0.25, 0.3) is 0 Å². The largest absolute Gasteiger partial charge is 0.469 e. The molecule has 0 bridgehead atoms. The Morgan fingerprint density at radius 2 is 2.07 bits per heavy atom. The van der Waals surface area contributed by atoms with Gasteiger partial charge in [-0.2, -0.15) is 0 Å². The van der Waals surface area contributed by atoms with E-state index < -0.39 is 0 Å². The van der Waals surface area contributed by atoms with Crippen LogP contribution in [0.15, 0.2) is 27.8 Å². The smallest absolute Gasteiger partial charge is 0.220 e. The number of rotatable bonds is 4. The van der Waals surface area contributed by atoms with Crippen LogP contribution in [-0.2, 0) is 11.2 Å². The minimum absolute atomic E-state index is 0.0250. The van der Waals surface area contributed by atoms with Gasteiger partial charge in [0.2, 0.25) is 5.91 Å². The first kappa shape index (κ1) is 19.8. The van der Waals surface area contributed by atoms with E-state index in [1.54, 1.807) is 13.2 Å². The molecule has 6 nitrogen and oxygen atoms in total. The molecule has 1 aliphatic heterocycles. The number of carbonyl (C=O) groups is 1. The Bertz CT molecular complexity index is 633. The first-order valence-corrected chi connectivity index (χ1v) is 10.4. The van der Waals surface area contributed by atoms with Gasteiger partial charge < -0.3 is 19.5 Å². The Morgan fingerprint density at radius 3 is 2.70 bits per heavy atom. The van der Waals surface area contributed by atoms with Crippen LogP contribution in [0.5, 0.6) is 0 Å². The van der Waals surface area contributed by atoms with Crippen LogP contribution in [0.2, 0.25) is 0 Å². The molecule has 1 spiro atoms. The summed E-state index contributed by atoms with van der Waals surface area (Å²) in [5, 5.41) is 3.54. The topological polar surface area (TPSA) is 61.1 Å². The van der Waals surface area contributed by atoms with Gasteiger partial charge in [-0.15, -0.1) is 0 Å². The van der Waals surface area contributed by atoms with Gasteiger partial charge in [-0.1, -0.05) is 19.3 Å². The minimum Gasteiger partial charge on any atom is -0.469 e. The molecule has 1 aliphatic carbocycles. The van der Waals surface area contributed by atoms with E-state index in [0.29, 0.717) is 12.6 Å². The van der Waals surface area contributed by atoms with Crippen molar-refractivity contribution in [3.63, 3.8) is 0 Å². The molecule has 6 heteroatoms. The lowest BCUT2D eigenvalue weighted by Gasteiger charge is -2.53. The third kappa shape index (κ3) is 4.85. The second kappa shape index (κ2) is 8.81. The monoisotopic (exact) mass is 374 g/mol. The fraction of sp³-hybridized carbons (Fsp3) is 0.714. The van der Waals surface area contributed by atoms with Gasteiger partial charge >= 0.3 is 0 Å². The summed E-state index contributed by atoms with van der Waals surface area (Å²) in [7, 11) is 0. The van der Waals surface area contributed by atoms with Crippen molar-refractivity contribution in [2.45, 2.75) is 70.9 Å². The quantitative estimate of drug-likeness (QED) is 0.650. The first-order valence-electron chi connectivity index (χ1n) is 10.4. The molecule has 3 rings (SSSR count). The van der Waals surface area contributed by atoms with Crippen LogP contribution in [-0.4, -0.2) is 59.4 Å². The maximum atomic E-state index is 12.3. The third-order valence-corrected chi connectivity index (χ3v) is 5.73. The van der Waals surface area contributed by atoms with Gasteiger partial charge in [0.15, 0.2) is 5.96 Å². The van der Waals surface area contributed by atoms with Crippen LogP contribution < -0.4 is 5.32 Å². The molecule has 1 amide bonds. The summed E-state index contributed by atoms with van der Waals surface area (Å²) >= 11 is 0. The van der Waals surface area contributed by atoms with Crippen LogP contribution in [0.1, 0.15) is 58.6 Å². The molecule has 1 saturated carbocycles. The average Bonchev–Trinajstić information content (AvgIpc) is 3.14. The fourth-order valence-corrected chi connectivity index (χ4v) is 4.51. The molecule has 0 aromatic carbocycles. The molecule has 0 radical (unpaired) electrons. The Balaban J connectivity index is 1.74. The SMILES string of the molecule is CC(=O)N1CCN(C(=NCCc2ccco2)NC(C)C)CC12CCCCC2. The van der Waals surface area contributed by atoms with Crippen molar-refractivity contribution in [1.29, 1.82) is 0 Å². The van der Waals surface area contributed by atoms with E-state index in [4.69, 9.17) is 9.41 Å². The maximum absolute atomic E-state index is 12.3. The average molecular weight is 375 g/mol. The summed E-state index contributed by atoms with van der Waals surface area (Å²) in [6, 6.07) is 4.23. The predicted octanol–water partition coefficient (Wildman–Crippen LogP) is 3.04. The lowest BCUT2D eigenvalue weighted by Crippen LogP contribution is -2.66. The van der Waals surface area contributed by atoms with Gasteiger partial charge in [-0.25, -0.2) is 0 Å². The number of furan rings is 1. The lowest BCUT2D eigenvalue weighted by atomic mass is 9.78. The van der Waals surface area contributed by atoms with E-state index >= 15 is 0 Å². The molecule has 0 unspecified atom stereocenters. The Kier molecular flexibility index (Phi) is 6.45. The summed E-state index contributed by atoms with van der Waals surface area (Å²) < 4.78 is 5.42. The number of nitrogens with one attached hydrogen (secondary N) is 1. The van der Waals surface area contributed by atoms with E-state index in [9.17, 15) is 4.79 Å². The second-order valence-electron chi connectivity index (χ2n) is 8.21. The fourth-order valence-electron chi connectivity index (χ4n) is 4.51.